The lowest BCUT2D eigenvalue weighted by atomic mass is 10.0. The van der Waals surface area contributed by atoms with Gasteiger partial charge >= 0.3 is 0 Å². The molecule has 3 atom stereocenters. The van der Waals surface area contributed by atoms with Crippen LogP contribution < -0.4 is 4.74 Å². The van der Waals surface area contributed by atoms with Crippen molar-refractivity contribution in [1.29, 1.82) is 0 Å². The van der Waals surface area contributed by atoms with Crippen LogP contribution in [0.4, 0.5) is 0 Å². The first kappa shape index (κ1) is 17.0. The van der Waals surface area contributed by atoms with Crippen molar-refractivity contribution in [3.05, 3.63) is 29.8 Å². The zero-order valence-electron chi connectivity index (χ0n) is 13.5. The standard InChI is InChI=1S/C17H29NO2/c1-6-13(3)12-18(7-2)14(4)17(19)15-8-10-16(20-5)11-9-15/h8-11,13-14,17,19H,6-7,12H2,1-5H3. The van der Waals surface area contributed by atoms with E-state index in [1.807, 2.05) is 24.3 Å². The number of aliphatic hydroxyl groups is 1. The lowest BCUT2D eigenvalue weighted by Crippen LogP contribution is -2.40. The summed E-state index contributed by atoms with van der Waals surface area (Å²) in [6.07, 6.45) is 0.701. The van der Waals surface area contributed by atoms with E-state index < -0.39 is 6.10 Å². The van der Waals surface area contributed by atoms with Gasteiger partial charge in [0.2, 0.25) is 0 Å². The maximum Gasteiger partial charge on any atom is 0.118 e. The van der Waals surface area contributed by atoms with Crippen LogP contribution in [0, 0.1) is 5.92 Å². The SMILES string of the molecule is CCC(C)CN(CC)C(C)C(O)c1ccc(OC)cc1. The van der Waals surface area contributed by atoms with Gasteiger partial charge in [0.15, 0.2) is 0 Å². The van der Waals surface area contributed by atoms with E-state index in [2.05, 4.69) is 32.6 Å². The number of benzene rings is 1. The zero-order chi connectivity index (χ0) is 15.1. The van der Waals surface area contributed by atoms with Crippen molar-refractivity contribution in [2.45, 2.75) is 46.3 Å². The number of hydrogen-bond acceptors (Lipinski definition) is 3. The molecule has 3 nitrogen and oxygen atoms in total. The highest BCUT2D eigenvalue weighted by molar-refractivity contribution is 5.29. The fraction of sp³-hybridized carbons (Fsp3) is 0.647. The smallest absolute Gasteiger partial charge is 0.118 e. The van der Waals surface area contributed by atoms with E-state index in [1.165, 1.54) is 6.42 Å². The highest BCUT2D eigenvalue weighted by Crippen LogP contribution is 2.24. The minimum absolute atomic E-state index is 0.113. The first-order valence-electron chi connectivity index (χ1n) is 7.59. The zero-order valence-corrected chi connectivity index (χ0v) is 13.5. The molecule has 0 saturated carbocycles. The van der Waals surface area contributed by atoms with Gasteiger partial charge in [-0.3, -0.25) is 4.90 Å². The van der Waals surface area contributed by atoms with Crippen LogP contribution in [0.15, 0.2) is 24.3 Å². The number of nitrogens with zero attached hydrogens (tertiary/aromatic N) is 1. The third-order valence-electron chi connectivity index (χ3n) is 4.14. The van der Waals surface area contributed by atoms with E-state index in [0.29, 0.717) is 5.92 Å². The molecule has 0 aromatic heterocycles. The van der Waals surface area contributed by atoms with Crippen LogP contribution in [0.1, 0.15) is 45.8 Å². The predicted octanol–water partition coefficient (Wildman–Crippen LogP) is 3.49. The lowest BCUT2D eigenvalue weighted by molar-refractivity contribution is 0.0527. The maximum atomic E-state index is 10.6. The Labute approximate surface area is 123 Å². The van der Waals surface area contributed by atoms with Crippen LogP contribution in [-0.2, 0) is 0 Å². The average Bonchev–Trinajstić information content (AvgIpc) is 2.50. The monoisotopic (exact) mass is 279 g/mol. The molecular weight excluding hydrogens is 250 g/mol. The minimum Gasteiger partial charge on any atom is -0.497 e. The summed E-state index contributed by atoms with van der Waals surface area (Å²) in [5, 5.41) is 10.6. The Morgan fingerprint density at radius 1 is 1.15 bits per heavy atom. The van der Waals surface area contributed by atoms with Crippen LogP contribution in [0.2, 0.25) is 0 Å². The van der Waals surface area contributed by atoms with Gasteiger partial charge in [-0.05, 0) is 37.1 Å². The molecule has 0 aliphatic rings. The first-order valence-corrected chi connectivity index (χ1v) is 7.59. The van der Waals surface area contributed by atoms with Crippen LogP contribution in [0.5, 0.6) is 5.75 Å². The normalized spacial score (nSPS) is 15.9. The Morgan fingerprint density at radius 2 is 1.75 bits per heavy atom. The van der Waals surface area contributed by atoms with Crippen molar-refractivity contribution in [1.82, 2.24) is 4.90 Å². The maximum absolute atomic E-state index is 10.6. The third-order valence-corrected chi connectivity index (χ3v) is 4.14. The Hall–Kier alpha value is -1.06. The van der Waals surface area contributed by atoms with Crippen LogP contribution in [0.3, 0.4) is 0 Å². The second-order valence-electron chi connectivity index (χ2n) is 5.56. The van der Waals surface area contributed by atoms with E-state index in [-0.39, 0.29) is 6.04 Å². The molecule has 0 aliphatic heterocycles. The van der Waals surface area contributed by atoms with Crippen molar-refractivity contribution >= 4 is 0 Å². The van der Waals surface area contributed by atoms with E-state index >= 15 is 0 Å². The van der Waals surface area contributed by atoms with Gasteiger partial charge < -0.3 is 9.84 Å². The number of methoxy groups -OCH3 is 1. The van der Waals surface area contributed by atoms with Gasteiger partial charge in [0.05, 0.1) is 13.2 Å². The number of hydrogen-bond donors (Lipinski definition) is 1. The fourth-order valence-corrected chi connectivity index (χ4v) is 2.39. The molecule has 0 fully saturated rings. The molecule has 0 saturated heterocycles. The van der Waals surface area contributed by atoms with Crippen molar-refractivity contribution in [2.75, 3.05) is 20.2 Å². The van der Waals surface area contributed by atoms with E-state index in [9.17, 15) is 5.11 Å². The average molecular weight is 279 g/mol. The number of ether oxygens (including phenoxy) is 1. The van der Waals surface area contributed by atoms with E-state index in [1.54, 1.807) is 7.11 Å². The fourth-order valence-electron chi connectivity index (χ4n) is 2.39. The second-order valence-corrected chi connectivity index (χ2v) is 5.56. The quantitative estimate of drug-likeness (QED) is 0.790. The topological polar surface area (TPSA) is 32.7 Å². The van der Waals surface area contributed by atoms with Crippen molar-refractivity contribution < 1.29 is 9.84 Å². The Kier molecular flexibility index (Phi) is 7.03. The summed E-state index contributed by atoms with van der Waals surface area (Å²) >= 11 is 0. The van der Waals surface area contributed by atoms with E-state index in [0.717, 1.165) is 24.4 Å². The molecule has 0 bridgehead atoms. The number of likely N-dealkylation sites (N-methyl/N-ethyl adjacent to an activating group) is 1. The van der Waals surface area contributed by atoms with Crippen molar-refractivity contribution in [3.63, 3.8) is 0 Å². The number of rotatable bonds is 8. The third kappa shape index (κ3) is 4.50. The molecule has 0 spiro atoms. The van der Waals surface area contributed by atoms with Gasteiger partial charge in [0.25, 0.3) is 0 Å². The Balaban J connectivity index is 2.74. The second kappa shape index (κ2) is 8.28. The summed E-state index contributed by atoms with van der Waals surface area (Å²) in [6.45, 7) is 10.7. The molecule has 1 aromatic carbocycles. The molecule has 3 unspecified atom stereocenters. The van der Waals surface area contributed by atoms with Gasteiger partial charge in [-0.2, -0.15) is 0 Å². The molecule has 1 rings (SSSR count). The molecule has 3 heteroatoms. The van der Waals surface area contributed by atoms with Gasteiger partial charge in [0.1, 0.15) is 5.75 Å². The molecule has 20 heavy (non-hydrogen) atoms. The van der Waals surface area contributed by atoms with Crippen LogP contribution >= 0.6 is 0 Å². The van der Waals surface area contributed by atoms with Crippen LogP contribution in [0.25, 0.3) is 0 Å². The molecule has 114 valence electrons. The van der Waals surface area contributed by atoms with Gasteiger partial charge in [-0.25, -0.2) is 0 Å². The van der Waals surface area contributed by atoms with Crippen molar-refractivity contribution in [2.24, 2.45) is 5.92 Å². The Bertz CT molecular complexity index is 377. The van der Waals surface area contributed by atoms with Gasteiger partial charge in [0, 0.05) is 12.6 Å². The highest BCUT2D eigenvalue weighted by atomic mass is 16.5. The molecule has 1 N–H and O–H groups in total. The highest BCUT2D eigenvalue weighted by Gasteiger charge is 2.23. The predicted molar refractivity (Wildman–Crippen MR) is 84.1 cm³/mol. The molecule has 0 amide bonds. The summed E-state index contributed by atoms with van der Waals surface area (Å²) in [4.78, 5) is 2.35. The number of aliphatic hydroxyl groups excluding tert-OH is 1. The molecular formula is C17H29NO2. The molecule has 0 aliphatic carbocycles. The molecule has 0 heterocycles. The van der Waals surface area contributed by atoms with E-state index in [4.69, 9.17) is 4.74 Å². The Morgan fingerprint density at radius 3 is 2.20 bits per heavy atom. The summed E-state index contributed by atoms with van der Waals surface area (Å²) in [5.41, 5.74) is 0.945. The van der Waals surface area contributed by atoms with Gasteiger partial charge in [-0.15, -0.1) is 0 Å². The van der Waals surface area contributed by atoms with Gasteiger partial charge in [-0.1, -0.05) is 39.3 Å². The summed E-state index contributed by atoms with van der Waals surface area (Å²) in [6, 6.07) is 7.79. The van der Waals surface area contributed by atoms with Crippen molar-refractivity contribution in [3.8, 4) is 5.75 Å². The first-order chi connectivity index (χ1) is 9.53. The van der Waals surface area contributed by atoms with Crippen LogP contribution in [-0.4, -0.2) is 36.2 Å². The molecule has 1 aromatic rings. The largest absolute Gasteiger partial charge is 0.497 e. The summed E-state index contributed by atoms with van der Waals surface area (Å²) in [7, 11) is 1.65. The summed E-state index contributed by atoms with van der Waals surface area (Å²) < 4.78 is 5.15. The summed E-state index contributed by atoms with van der Waals surface area (Å²) in [5.74, 6) is 1.47. The molecule has 0 radical (unpaired) electrons. The minimum atomic E-state index is -0.468. The lowest BCUT2D eigenvalue weighted by Gasteiger charge is -2.33.